The molecule has 2 unspecified atom stereocenters. The summed E-state index contributed by atoms with van der Waals surface area (Å²) < 4.78 is 0. The summed E-state index contributed by atoms with van der Waals surface area (Å²) in [6.07, 6.45) is 9.14. The van der Waals surface area contributed by atoms with Crippen molar-refractivity contribution in [2.45, 2.75) is 123 Å². The quantitative estimate of drug-likeness (QED) is 0.310. The van der Waals surface area contributed by atoms with Crippen molar-refractivity contribution >= 4 is 29.5 Å². The average molecular weight is 548 g/mol. The summed E-state index contributed by atoms with van der Waals surface area (Å²) in [6, 6.07) is -2.93. The number of Topliss-reactive ketones (excluding diaryl/α,β-unsaturated/α-hetero) is 1. The third kappa shape index (κ3) is 7.94. The lowest BCUT2D eigenvalue weighted by Crippen LogP contribution is -2.61. The molecule has 10 heteroatoms. The van der Waals surface area contributed by atoms with Crippen molar-refractivity contribution in [1.29, 1.82) is 0 Å². The molecule has 5 N–H and O–H groups in total. The van der Waals surface area contributed by atoms with Gasteiger partial charge in [0.2, 0.25) is 17.6 Å². The van der Waals surface area contributed by atoms with E-state index in [0.29, 0.717) is 19.4 Å². The molecule has 1 saturated heterocycles. The number of ketones is 1. The molecule has 5 amide bonds. The molecule has 1 aliphatic heterocycles. The Kier molecular flexibility index (Phi) is 10.4. The molecule has 0 radical (unpaired) electrons. The van der Waals surface area contributed by atoms with Crippen LogP contribution in [-0.4, -0.2) is 65.1 Å². The second kappa shape index (κ2) is 13.1. The maximum absolute atomic E-state index is 14.0. The van der Waals surface area contributed by atoms with Gasteiger partial charge in [0.05, 0.1) is 6.04 Å². The first kappa shape index (κ1) is 30.9. The van der Waals surface area contributed by atoms with Gasteiger partial charge in [-0.25, -0.2) is 4.79 Å². The second-order valence-electron chi connectivity index (χ2n) is 13.2. The van der Waals surface area contributed by atoms with Crippen LogP contribution in [0.5, 0.6) is 0 Å². The maximum atomic E-state index is 14.0. The van der Waals surface area contributed by atoms with Gasteiger partial charge in [-0.15, -0.1) is 0 Å². The summed E-state index contributed by atoms with van der Waals surface area (Å²) in [6.45, 7) is 10.1. The fourth-order valence-corrected chi connectivity index (χ4v) is 6.24. The minimum absolute atomic E-state index is 0.0977. The molecule has 0 spiro atoms. The van der Waals surface area contributed by atoms with Gasteiger partial charge in [0, 0.05) is 12.6 Å². The standard InChI is InChI=1S/C29H49N5O5/c1-17(2)20-14-15-34(22(20)26(37)32-21(23(35)25(30)36)16-18-10-9-11-18)27(38)24(29(3,4)5)33-28(39)31-19-12-7-6-8-13-19/h17-22,24H,6-16H2,1-5H3,(H2,30,36)(H,32,37)(H2,31,33,39)/t20?,21?,22-,24+/m0/s1. The van der Waals surface area contributed by atoms with Gasteiger partial charge in [-0.05, 0) is 48.9 Å². The number of carbonyl (C=O) groups excluding carboxylic acids is 5. The summed E-state index contributed by atoms with van der Waals surface area (Å²) in [7, 11) is 0. The van der Waals surface area contributed by atoms with E-state index in [1.807, 2.05) is 34.6 Å². The molecule has 0 bridgehead atoms. The van der Waals surface area contributed by atoms with Gasteiger partial charge < -0.3 is 26.6 Å². The largest absolute Gasteiger partial charge is 0.363 e. The predicted octanol–water partition coefficient (Wildman–Crippen LogP) is 2.64. The fraction of sp³-hybridized carbons (Fsp3) is 0.828. The minimum Gasteiger partial charge on any atom is -0.363 e. The molecule has 2 saturated carbocycles. The Labute approximate surface area is 232 Å². The number of primary amides is 1. The van der Waals surface area contributed by atoms with Crippen LogP contribution in [0.15, 0.2) is 0 Å². The van der Waals surface area contributed by atoms with Gasteiger partial charge in [-0.2, -0.15) is 0 Å². The van der Waals surface area contributed by atoms with Crippen LogP contribution in [0.25, 0.3) is 0 Å². The number of hydrogen-bond acceptors (Lipinski definition) is 5. The van der Waals surface area contributed by atoms with Gasteiger partial charge in [0.25, 0.3) is 5.91 Å². The number of nitrogens with two attached hydrogens (primary N) is 1. The molecule has 0 aromatic rings. The Morgan fingerprint density at radius 2 is 1.54 bits per heavy atom. The van der Waals surface area contributed by atoms with Gasteiger partial charge in [-0.1, -0.05) is 73.1 Å². The van der Waals surface area contributed by atoms with Crippen molar-refractivity contribution in [3.05, 3.63) is 0 Å². The number of amides is 5. The highest BCUT2D eigenvalue weighted by molar-refractivity contribution is 6.37. The number of rotatable bonds is 10. The third-order valence-corrected chi connectivity index (χ3v) is 8.85. The Bertz CT molecular complexity index is 920. The molecule has 3 aliphatic rings. The van der Waals surface area contributed by atoms with Gasteiger partial charge in [0.15, 0.2) is 0 Å². The highest BCUT2D eigenvalue weighted by atomic mass is 16.2. The number of hydrogen-bond donors (Lipinski definition) is 4. The van der Waals surface area contributed by atoms with Crippen molar-refractivity contribution in [3.63, 3.8) is 0 Å². The van der Waals surface area contributed by atoms with Crippen LogP contribution >= 0.6 is 0 Å². The summed E-state index contributed by atoms with van der Waals surface area (Å²) in [5.41, 5.74) is 4.70. The highest BCUT2D eigenvalue weighted by Crippen LogP contribution is 2.34. The molecule has 4 atom stereocenters. The molecule has 0 aromatic carbocycles. The molecule has 3 fully saturated rings. The molecule has 39 heavy (non-hydrogen) atoms. The van der Waals surface area contributed by atoms with Crippen molar-refractivity contribution in [2.75, 3.05) is 6.54 Å². The van der Waals surface area contributed by atoms with Crippen LogP contribution in [0.3, 0.4) is 0 Å². The Morgan fingerprint density at radius 1 is 0.897 bits per heavy atom. The molecule has 0 aromatic heterocycles. The number of urea groups is 1. The van der Waals surface area contributed by atoms with E-state index in [1.165, 1.54) is 6.42 Å². The monoisotopic (exact) mass is 547 g/mol. The Hall–Kier alpha value is -2.65. The Morgan fingerprint density at radius 3 is 2.05 bits per heavy atom. The van der Waals surface area contributed by atoms with Crippen LogP contribution in [0.1, 0.15) is 98.8 Å². The number of carbonyl (C=O) groups is 5. The number of nitrogens with zero attached hydrogens (tertiary/aromatic N) is 1. The van der Waals surface area contributed by atoms with Crippen molar-refractivity contribution in [1.82, 2.24) is 20.9 Å². The van der Waals surface area contributed by atoms with Crippen molar-refractivity contribution in [3.8, 4) is 0 Å². The van der Waals surface area contributed by atoms with E-state index in [1.54, 1.807) is 4.90 Å². The third-order valence-electron chi connectivity index (χ3n) is 8.85. The summed E-state index contributed by atoms with van der Waals surface area (Å²) >= 11 is 0. The average Bonchev–Trinajstić information content (AvgIpc) is 3.28. The number of likely N-dealkylation sites (tertiary alicyclic amines) is 1. The first-order valence-corrected chi connectivity index (χ1v) is 14.8. The molecule has 1 heterocycles. The lowest BCUT2D eigenvalue weighted by atomic mass is 9.80. The first-order valence-electron chi connectivity index (χ1n) is 14.8. The second-order valence-corrected chi connectivity index (χ2v) is 13.2. The zero-order valence-electron chi connectivity index (χ0n) is 24.4. The topological polar surface area (TPSA) is 151 Å². The molecule has 220 valence electrons. The zero-order chi connectivity index (χ0) is 28.9. The van der Waals surface area contributed by atoms with E-state index in [9.17, 15) is 24.0 Å². The SMILES string of the molecule is CC(C)C1CCN(C(=O)[C@@H](NC(=O)NC2CCCCC2)C(C)(C)C)[C@@H]1C(=O)NC(CC1CCC1)C(=O)C(N)=O. The summed E-state index contributed by atoms with van der Waals surface area (Å²) in [5, 5.41) is 8.73. The summed E-state index contributed by atoms with van der Waals surface area (Å²) in [5.74, 6) is -2.40. The molecule has 10 nitrogen and oxygen atoms in total. The molecule has 2 aliphatic carbocycles. The molecular weight excluding hydrogens is 498 g/mol. The van der Waals surface area contributed by atoms with E-state index in [4.69, 9.17) is 5.73 Å². The molecule has 3 rings (SSSR count). The van der Waals surface area contributed by atoms with E-state index >= 15 is 0 Å². The first-order chi connectivity index (χ1) is 18.3. The smallest absolute Gasteiger partial charge is 0.315 e. The van der Waals surface area contributed by atoms with Gasteiger partial charge in [-0.3, -0.25) is 19.2 Å². The van der Waals surface area contributed by atoms with Crippen LogP contribution in [-0.2, 0) is 19.2 Å². The van der Waals surface area contributed by atoms with Crippen molar-refractivity contribution in [2.24, 2.45) is 28.9 Å². The lowest BCUT2D eigenvalue weighted by Gasteiger charge is -2.37. The van der Waals surface area contributed by atoms with Crippen LogP contribution in [0.4, 0.5) is 4.79 Å². The summed E-state index contributed by atoms with van der Waals surface area (Å²) in [4.78, 5) is 66.6. The normalized spacial score (nSPS) is 24.0. The van der Waals surface area contributed by atoms with E-state index in [2.05, 4.69) is 16.0 Å². The van der Waals surface area contributed by atoms with Crippen LogP contribution in [0, 0.1) is 23.2 Å². The highest BCUT2D eigenvalue weighted by Gasteiger charge is 2.48. The maximum Gasteiger partial charge on any atom is 0.315 e. The van der Waals surface area contributed by atoms with Gasteiger partial charge in [0.1, 0.15) is 12.1 Å². The number of nitrogens with one attached hydrogen (secondary N) is 3. The molecular formula is C29H49N5O5. The minimum atomic E-state index is -1.07. The van der Waals surface area contributed by atoms with E-state index < -0.39 is 41.1 Å². The van der Waals surface area contributed by atoms with E-state index in [-0.39, 0.29) is 35.7 Å². The van der Waals surface area contributed by atoms with Gasteiger partial charge >= 0.3 is 6.03 Å². The fourth-order valence-electron chi connectivity index (χ4n) is 6.24. The predicted molar refractivity (Wildman–Crippen MR) is 148 cm³/mol. The lowest BCUT2D eigenvalue weighted by molar-refractivity contribution is -0.144. The van der Waals surface area contributed by atoms with Crippen LogP contribution < -0.4 is 21.7 Å². The Balaban J connectivity index is 1.79. The van der Waals surface area contributed by atoms with E-state index in [0.717, 1.165) is 44.9 Å². The zero-order valence-corrected chi connectivity index (χ0v) is 24.4. The van der Waals surface area contributed by atoms with Crippen LogP contribution in [0.2, 0.25) is 0 Å². The van der Waals surface area contributed by atoms with Crippen molar-refractivity contribution < 1.29 is 24.0 Å².